The van der Waals surface area contributed by atoms with E-state index in [1.807, 2.05) is 4.90 Å². The molecule has 1 N–H and O–H groups in total. The van der Waals surface area contributed by atoms with Gasteiger partial charge in [0.15, 0.2) is 0 Å². The highest BCUT2D eigenvalue weighted by Crippen LogP contribution is 2.16. The summed E-state index contributed by atoms with van der Waals surface area (Å²) in [4.78, 5) is 13.7. The first-order chi connectivity index (χ1) is 7.36. The molecule has 1 saturated carbocycles. The molecule has 4 heteroatoms. The Balaban J connectivity index is 1.74. The Morgan fingerprint density at radius 2 is 1.93 bits per heavy atom. The zero-order chi connectivity index (χ0) is 10.5. The molecule has 85 valence electrons. The van der Waals surface area contributed by atoms with Crippen molar-refractivity contribution in [2.24, 2.45) is 0 Å². The van der Waals surface area contributed by atoms with E-state index in [0.717, 1.165) is 38.8 Å². The van der Waals surface area contributed by atoms with Gasteiger partial charge in [-0.05, 0) is 32.1 Å². The molecule has 4 nitrogen and oxygen atoms in total. The van der Waals surface area contributed by atoms with Gasteiger partial charge in [0.25, 0.3) is 0 Å². The molecule has 0 aromatic carbocycles. The third-order valence-corrected chi connectivity index (χ3v) is 3.06. The Morgan fingerprint density at radius 3 is 2.60 bits per heavy atom. The highest BCUT2D eigenvalue weighted by atomic mass is 16.5. The van der Waals surface area contributed by atoms with Gasteiger partial charge in [0.2, 0.25) is 0 Å². The topological polar surface area (TPSA) is 41.6 Å². The van der Waals surface area contributed by atoms with Crippen molar-refractivity contribution in [1.29, 1.82) is 0 Å². The Labute approximate surface area is 91.0 Å². The Hall–Kier alpha value is -0.770. The van der Waals surface area contributed by atoms with Gasteiger partial charge in [-0.25, -0.2) is 4.79 Å². The van der Waals surface area contributed by atoms with Crippen LogP contribution in [-0.2, 0) is 4.74 Å². The van der Waals surface area contributed by atoms with Gasteiger partial charge < -0.3 is 15.0 Å². The molecular weight excluding hydrogens is 192 g/mol. The number of amides is 2. The molecule has 0 bridgehead atoms. The molecule has 1 radical (unpaired) electrons. The first kappa shape index (κ1) is 10.7. The van der Waals surface area contributed by atoms with Crippen molar-refractivity contribution in [1.82, 2.24) is 10.2 Å². The maximum absolute atomic E-state index is 11.8. The summed E-state index contributed by atoms with van der Waals surface area (Å²) in [5.74, 6) is 0. The maximum atomic E-state index is 11.8. The fourth-order valence-corrected chi connectivity index (χ4v) is 2.10. The molecule has 2 amide bonds. The average molecular weight is 211 g/mol. The molecule has 0 atom stereocenters. The molecule has 1 heterocycles. The summed E-state index contributed by atoms with van der Waals surface area (Å²) in [7, 11) is 0. The van der Waals surface area contributed by atoms with Crippen LogP contribution in [0.25, 0.3) is 0 Å². The summed E-state index contributed by atoms with van der Waals surface area (Å²) in [5, 5.41) is 3.10. The first-order valence-corrected chi connectivity index (χ1v) is 5.81. The summed E-state index contributed by atoms with van der Waals surface area (Å²) < 4.78 is 5.21. The summed E-state index contributed by atoms with van der Waals surface area (Å²) in [5.41, 5.74) is 0. The Bertz CT molecular complexity index is 209. The number of nitrogens with zero attached hydrogens (tertiary/aromatic N) is 1. The minimum absolute atomic E-state index is 0.0881. The third-order valence-electron chi connectivity index (χ3n) is 3.06. The number of carbonyl (C=O) groups is 1. The van der Waals surface area contributed by atoms with Crippen molar-refractivity contribution < 1.29 is 9.53 Å². The first-order valence-electron chi connectivity index (χ1n) is 5.81. The molecule has 1 saturated heterocycles. The summed E-state index contributed by atoms with van der Waals surface area (Å²) in [6.07, 6.45) is 6.76. The molecule has 2 aliphatic rings. The van der Waals surface area contributed by atoms with Crippen molar-refractivity contribution in [2.75, 3.05) is 26.3 Å². The van der Waals surface area contributed by atoms with E-state index in [1.165, 1.54) is 0 Å². The zero-order valence-corrected chi connectivity index (χ0v) is 9.08. The zero-order valence-electron chi connectivity index (χ0n) is 9.08. The highest BCUT2D eigenvalue weighted by Gasteiger charge is 2.21. The van der Waals surface area contributed by atoms with Gasteiger partial charge in [-0.1, -0.05) is 0 Å². The van der Waals surface area contributed by atoms with Crippen LogP contribution in [-0.4, -0.2) is 43.3 Å². The minimum Gasteiger partial charge on any atom is -0.378 e. The second-order valence-electron chi connectivity index (χ2n) is 4.19. The van der Waals surface area contributed by atoms with E-state index in [9.17, 15) is 4.79 Å². The molecule has 2 fully saturated rings. The fourth-order valence-electron chi connectivity index (χ4n) is 2.10. The molecule has 15 heavy (non-hydrogen) atoms. The second-order valence-corrected chi connectivity index (χ2v) is 4.19. The van der Waals surface area contributed by atoms with Crippen molar-refractivity contribution in [3.05, 3.63) is 6.42 Å². The van der Waals surface area contributed by atoms with E-state index in [-0.39, 0.29) is 6.03 Å². The third kappa shape index (κ3) is 3.09. The van der Waals surface area contributed by atoms with Gasteiger partial charge in [-0.3, -0.25) is 0 Å². The van der Waals surface area contributed by atoms with Gasteiger partial charge in [0, 0.05) is 19.1 Å². The fraction of sp³-hybridized carbons (Fsp3) is 0.818. The molecule has 0 aromatic rings. The SMILES string of the molecule is O=C(NC1CC[CH]CC1)N1CCOCC1. The minimum atomic E-state index is 0.0881. The van der Waals surface area contributed by atoms with Gasteiger partial charge in [-0.2, -0.15) is 0 Å². The summed E-state index contributed by atoms with van der Waals surface area (Å²) in [6.45, 7) is 2.80. The predicted octanol–water partition coefficient (Wildman–Crippen LogP) is 1.18. The normalized spacial score (nSPS) is 23.9. The number of hydrogen-bond acceptors (Lipinski definition) is 2. The number of ether oxygens (including phenoxy) is 1. The number of hydrogen-bond donors (Lipinski definition) is 1. The number of urea groups is 1. The monoisotopic (exact) mass is 211 g/mol. The van der Waals surface area contributed by atoms with Crippen LogP contribution >= 0.6 is 0 Å². The van der Waals surface area contributed by atoms with Crippen LogP contribution < -0.4 is 5.32 Å². The largest absolute Gasteiger partial charge is 0.378 e. The lowest BCUT2D eigenvalue weighted by molar-refractivity contribution is 0.0522. The van der Waals surface area contributed by atoms with E-state index >= 15 is 0 Å². The molecule has 0 unspecified atom stereocenters. The van der Waals surface area contributed by atoms with Crippen LogP contribution in [0.1, 0.15) is 25.7 Å². The standard InChI is InChI=1S/C11H19N2O2/c14-11(13-6-8-15-9-7-13)12-10-4-2-1-3-5-10/h1,10H,2-9H2,(H,12,14). The number of rotatable bonds is 1. The van der Waals surface area contributed by atoms with Crippen LogP contribution in [0.5, 0.6) is 0 Å². The van der Waals surface area contributed by atoms with Gasteiger partial charge in [0.05, 0.1) is 13.2 Å². The molecular formula is C11H19N2O2. The van der Waals surface area contributed by atoms with Gasteiger partial charge >= 0.3 is 6.03 Å². The van der Waals surface area contributed by atoms with Crippen molar-refractivity contribution in [3.63, 3.8) is 0 Å². The predicted molar refractivity (Wildman–Crippen MR) is 57.5 cm³/mol. The highest BCUT2D eigenvalue weighted by molar-refractivity contribution is 5.74. The molecule has 0 aromatic heterocycles. The molecule has 1 aliphatic heterocycles. The summed E-state index contributed by atoms with van der Waals surface area (Å²) >= 11 is 0. The van der Waals surface area contributed by atoms with E-state index in [4.69, 9.17) is 4.74 Å². The second kappa shape index (κ2) is 5.35. The van der Waals surface area contributed by atoms with Crippen LogP contribution in [0.4, 0.5) is 4.79 Å². The van der Waals surface area contributed by atoms with Crippen LogP contribution in [0, 0.1) is 6.42 Å². The number of morpholine rings is 1. The maximum Gasteiger partial charge on any atom is 0.317 e. The lowest BCUT2D eigenvalue weighted by Gasteiger charge is -2.30. The lowest BCUT2D eigenvalue weighted by Crippen LogP contribution is -2.49. The molecule has 0 spiro atoms. The quantitative estimate of drug-likeness (QED) is 0.707. The van der Waals surface area contributed by atoms with E-state index in [1.54, 1.807) is 0 Å². The summed E-state index contributed by atoms with van der Waals surface area (Å²) in [6, 6.07) is 0.468. The van der Waals surface area contributed by atoms with Crippen LogP contribution in [0.3, 0.4) is 0 Å². The van der Waals surface area contributed by atoms with Crippen LogP contribution in [0.2, 0.25) is 0 Å². The van der Waals surface area contributed by atoms with Crippen molar-refractivity contribution in [2.45, 2.75) is 31.7 Å². The van der Waals surface area contributed by atoms with E-state index in [0.29, 0.717) is 19.3 Å². The van der Waals surface area contributed by atoms with Crippen molar-refractivity contribution in [3.8, 4) is 0 Å². The van der Waals surface area contributed by atoms with Crippen LogP contribution in [0.15, 0.2) is 0 Å². The number of nitrogens with one attached hydrogen (secondary N) is 1. The Kier molecular flexibility index (Phi) is 3.83. The van der Waals surface area contributed by atoms with Gasteiger partial charge in [0.1, 0.15) is 0 Å². The average Bonchev–Trinajstić information content (AvgIpc) is 2.31. The van der Waals surface area contributed by atoms with Gasteiger partial charge in [-0.15, -0.1) is 0 Å². The molecule has 1 aliphatic carbocycles. The smallest absolute Gasteiger partial charge is 0.317 e. The Morgan fingerprint density at radius 1 is 1.27 bits per heavy atom. The van der Waals surface area contributed by atoms with E-state index in [2.05, 4.69) is 11.7 Å². The number of carbonyl (C=O) groups excluding carboxylic acids is 1. The molecule has 2 rings (SSSR count). The van der Waals surface area contributed by atoms with E-state index < -0.39 is 0 Å². The lowest BCUT2D eigenvalue weighted by atomic mass is 9.96. The van der Waals surface area contributed by atoms with Crippen molar-refractivity contribution >= 4 is 6.03 Å².